The second kappa shape index (κ2) is 6.66. The van der Waals surface area contributed by atoms with Crippen molar-refractivity contribution in [2.24, 2.45) is 11.7 Å². The molecule has 1 saturated heterocycles. The lowest BCUT2D eigenvalue weighted by molar-refractivity contribution is -0.132. The van der Waals surface area contributed by atoms with Crippen LogP contribution in [-0.2, 0) is 11.2 Å². The summed E-state index contributed by atoms with van der Waals surface area (Å²) in [5, 5.41) is 0. The van der Waals surface area contributed by atoms with Crippen LogP contribution in [0.2, 0.25) is 0 Å². The first kappa shape index (κ1) is 14.0. The third-order valence-corrected chi connectivity index (χ3v) is 3.88. The molecule has 1 aliphatic heterocycles. The molecule has 0 aromatic carbocycles. The smallest absolute Gasteiger partial charge is 0.228 e. The Morgan fingerprint density at radius 2 is 2.42 bits per heavy atom. The molecule has 2 N–H and O–H groups in total. The predicted octanol–water partition coefficient (Wildman–Crippen LogP) is 1.52. The van der Waals surface area contributed by atoms with Crippen molar-refractivity contribution < 1.29 is 4.79 Å². The molecule has 2 heterocycles. The van der Waals surface area contributed by atoms with Gasteiger partial charge in [-0.3, -0.25) is 9.78 Å². The average molecular weight is 261 g/mol. The lowest BCUT2D eigenvalue weighted by atomic mass is 9.94. The van der Waals surface area contributed by atoms with E-state index >= 15 is 0 Å². The van der Waals surface area contributed by atoms with Gasteiger partial charge in [-0.15, -0.1) is 0 Å². The highest BCUT2D eigenvalue weighted by atomic mass is 16.2. The molecular weight excluding hydrogens is 238 g/mol. The van der Waals surface area contributed by atoms with Crippen molar-refractivity contribution in [2.45, 2.75) is 32.6 Å². The third kappa shape index (κ3) is 3.77. The molecule has 0 saturated carbocycles. The minimum absolute atomic E-state index is 0.198. The minimum atomic E-state index is 0.198. The van der Waals surface area contributed by atoms with Gasteiger partial charge in [0.25, 0.3) is 0 Å². The summed E-state index contributed by atoms with van der Waals surface area (Å²) in [5.41, 5.74) is 7.60. The van der Waals surface area contributed by atoms with E-state index in [-0.39, 0.29) is 5.91 Å². The van der Waals surface area contributed by atoms with Gasteiger partial charge in [0, 0.05) is 19.3 Å². The fourth-order valence-corrected chi connectivity index (χ4v) is 2.72. The highest BCUT2D eigenvalue weighted by Gasteiger charge is 2.23. The van der Waals surface area contributed by atoms with E-state index in [2.05, 4.69) is 4.98 Å². The number of carbonyl (C=O) groups is 1. The number of rotatable bonds is 4. The number of hydrogen-bond acceptors (Lipinski definition) is 3. The standard InChI is InChI=1S/C15H23N3O/c1-12-4-2-8-17-14(12)10-15(19)18-9-3-5-13(11-18)6-7-16/h2,4,8,13H,3,5-7,9-11,16H2,1H3. The SMILES string of the molecule is Cc1cccnc1CC(=O)N1CCCC(CCN)C1. The quantitative estimate of drug-likeness (QED) is 0.894. The van der Waals surface area contributed by atoms with Crippen LogP contribution in [-0.4, -0.2) is 35.4 Å². The van der Waals surface area contributed by atoms with Crippen LogP contribution >= 0.6 is 0 Å². The lowest BCUT2D eigenvalue weighted by Gasteiger charge is -2.32. The van der Waals surface area contributed by atoms with E-state index in [1.807, 2.05) is 24.0 Å². The first-order valence-corrected chi connectivity index (χ1v) is 7.09. The molecule has 1 fully saturated rings. The van der Waals surface area contributed by atoms with Crippen LogP contribution in [0.4, 0.5) is 0 Å². The van der Waals surface area contributed by atoms with Gasteiger partial charge < -0.3 is 10.6 Å². The summed E-state index contributed by atoms with van der Waals surface area (Å²) in [4.78, 5) is 18.6. The highest BCUT2D eigenvalue weighted by Crippen LogP contribution is 2.20. The van der Waals surface area contributed by atoms with E-state index in [1.165, 1.54) is 6.42 Å². The first-order valence-electron chi connectivity index (χ1n) is 7.09. The largest absolute Gasteiger partial charge is 0.342 e. The normalized spacial score (nSPS) is 19.5. The van der Waals surface area contributed by atoms with Crippen molar-refractivity contribution in [3.8, 4) is 0 Å². The molecule has 104 valence electrons. The number of hydrogen-bond donors (Lipinski definition) is 1. The summed E-state index contributed by atoms with van der Waals surface area (Å²) >= 11 is 0. The number of likely N-dealkylation sites (tertiary alicyclic amines) is 1. The summed E-state index contributed by atoms with van der Waals surface area (Å²) in [6, 6.07) is 3.91. The Kier molecular flexibility index (Phi) is 4.91. The molecule has 1 aliphatic rings. The Balaban J connectivity index is 1.94. The maximum atomic E-state index is 12.3. The van der Waals surface area contributed by atoms with Crippen molar-refractivity contribution >= 4 is 5.91 Å². The molecule has 1 aromatic rings. The Morgan fingerprint density at radius 3 is 3.16 bits per heavy atom. The van der Waals surface area contributed by atoms with E-state index < -0.39 is 0 Å². The van der Waals surface area contributed by atoms with Crippen LogP contribution in [0.15, 0.2) is 18.3 Å². The zero-order valence-corrected chi connectivity index (χ0v) is 11.6. The van der Waals surface area contributed by atoms with Gasteiger partial charge in [0.05, 0.1) is 12.1 Å². The molecule has 0 bridgehead atoms. The molecule has 4 heteroatoms. The van der Waals surface area contributed by atoms with Crippen molar-refractivity contribution in [1.82, 2.24) is 9.88 Å². The number of nitrogens with zero attached hydrogens (tertiary/aromatic N) is 2. The highest BCUT2D eigenvalue weighted by molar-refractivity contribution is 5.78. The van der Waals surface area contributed by atoms with Gasteiger partial charge in [-0.25, -0.2) is 0 Å². The van der Waals surface area contributed by atoms with Gasteiger partial charge >= 0.3 is 0 Å². The maximum Gasteiger partial charge on any atom is 0.228 e. The number of nitrogens with two attached hydrogens (primary N) is 1. The summed E-state index contributed by atoms with van der Waals surface area (Å²) in [6.45, 7) is 4.46. The minimum Gasteiger partial charge on any atom is -0.342 e. The fourth-order valence-electron chi connectivity index (χ4n) is 2.72. The van der Waals surface area contributed by atoms with Gasteiger partial charge in [-0.1, -0.05) is 6.07 Å². The monoisotopic (exact) mass is 261 g/mol. The van der Waals surface area contributed by atoms with Gasteiger partial charge in [-0.05, 0) is 50.3 Å². The Bertz CT molecular complexity index is 431. The third-order valence-electron chi connectivity index (χ3n) is 3.88. The number of aryl methyl sites for hydroxylation is 1. The zero-order valence-electron chi connectivity index (χ0n) is 11.6. The molecular formula is C15H23N3O. The number of amides is 1. The van der Waals surface area contributed by atoms with Crippen molar-refractivity contribution in [3.05, 3.63) is 29.6 Å². The lowest BCUT2D eigenvalue weighted by Crippen LogP contribution is -2.41. The maximum absolute atomic E-state index is 12.3. The van der Waals surface area contributed by atoms with Crippen LogP contribution < -0.4 is 5.73 Å². The van der Waals surface area contributed by atoms with Crippen molar-refractivity contribution in [1.29, 1.82) is 0 Å². The Morgan fingerprint density at radius 1 is 1.58 bits per heavy atom. The first-order chi connectivity index (χ1) is 9.20. The molecule has 1 amide bonds. The van der Waals surface area contributed by atoms with E-state index in [1.54, 1.807) is 6.20 Å². The molecule has 1 aromatic heterocycles. The van der Waals surface area contributed by atoms with Gasteiger partial charge in [0.1, 0.15) is 0 Å². The average Bonchev–Trinajstić information content (AvgIpc) is 2.42. The second-order valence-corrected chi connectivity index (χ2v) is 5.37. The van der Waals surface area contributed by atoms with Gasteiger partial charge in [0.15, 0.2) is 0 Å². The van der Waals surface area contributed by atoms with Crippen molar-refractivity contribution in [3.63, 3.8) is 0 Å². The molecule has 1 unspecified atom stereocenters. The van der Waals surface area contributed by atoms with Crippen molar-refractivity contribution in [2.75, 3.05) is 19.6 Å². The number of carbonyl (C=O) groups excluding carboxylic acids is 1. The molecule has 2 rings (SSSR count). The van der Waals surface area contributed by atoms with Crippen LogP contribution in [0, 0.1) is 12.8 Å². The van der Waals surface area contributed by atoms with Crippen LogP contribution in [0.3, 0.4) is 0 Å². The summed E-state index contributed by atoms with van der Waals surface area (Å²) in [7, 11) is 0. The van der Waals surface area contributed by atoms with Crippen LogP contribution in [0.1, 0.15) is 30.5 Å². The van der Waals surface area contributed by atoms with E-state index in [0.717, 1.165) is 37.2 Å². The number of piperidine rings is 1. The molecule has 0 aliphatic carbocycles. The molecule has 4 nitrogen and oxygen atoms in total. The molecule has 0 spiro atoms. The van der Waals surface area contributed by atoms with E-state index in [4.69, 9.17) is 5.73 Å². The summed E-state index contributed by atoms with van der Waals surface area (Å²) in [5.74, 6) is 0.774. The summed E-state index contributed by atoms with van der Waals surface area (Å²) in [6.07, 6.45) is 5.48. The van der Waals surface area contributed by atoms with E-state index in [0.29, 0.717) is 18.9 Å². The number of pyridine rings is 1. The number of aromatic nitrogens is 1. The Labute approximate surface area is 115 Å². The molecule has 19 heavy (non-hydrogen) atoms. The summed E-state index contributed by atoms with van der Waals surface area (Å²) < 4.78 is 0. The predicted molar refractivity (Wildman–Crippen MR) is 75.7 cm³/mol. The Hall–Kier alpha value is -1.42. The second-order valence-electron chi connectivity index (χ2n) is 5.37. The van der Waals surface area contributed by atoms with Crippen LogP contribution in [0.25, 0.3) is 0 Å². The zero-order chi connectivity index (χ0) is 13.7. The van der Waals surface area contributed by atoms with E-state index in [9.17, 15) is 4.79 Å². The molecule has 0 radical (unpaired) electrons. The molecule has 1 atom stereocenters. The van der Waals surface area contributed by atoms with Gasteiger partial charge in [0.2, 0.25) is 5.91 Å². The topological polar surface area (TPSA) is 59.2 Å². The van der Waals surface area contributed by atoms with Crippen LogP contribution in [0.5, 0.6) is 0 Å². The van der Waals surface area contributed by atoms with Gasteiger partial charge in [-0.2, -0.15) is 0 Å². The fraction of sp³-hybridized carbons (Fsp3) is 0.600.